The minimum absolute atomic E-state index is 0.172. The number of aromatic nitrogens is 1. The van der Waals surface area contributed by atoms with Gasteiger partial charge in [0.05, 0.1) is 7.11 Å². The summed E-state index contributed by atoms with van der Waals surface area (Å²) in [5.41, 5.74) is 0.465. The van der Waals surface area contributed by atoms with Crippen molar-refractivity contribution < 1.29 is 14.3 Å². The first-order chi connectivity index (χ1) is 11.1. The van der Waals surface area contributed by atoms with E-state index >= 15 is 0 Å². The molecule has 0 saturated heterocycles. The molecule has 1 heterocycles. The van der Waals surface area contributed by atoms with E-state index in [0.717, 1.165) is 11.8 Å². The Bertz CT molecular complexity index is 615. The fourth-order valence-corrected chi connectivity index (χ4v) is 5.17. The van der Waals surface area contributed by atoms with Crippen molar-refractivity contribution in [3.63, 3.8) is 0 Å². The van der Waals surface area contributed by atoms with Crippen LogP contribution in [-0.2, 0) is 4.74 Å². The molecule has 0 unspecified atom stereocenters. The molecule has 1 aromatic rings. The van der Waals surface area contributed by atoms with Gasteiger partial charge in [-0.25, -0.2) is 9.78 Å². The molecule has 0 spiro atoms. The van der Waals surface area contributed by atoms with Gasteiger partial charge in [-0.1, -0.05) is 6.07 Å². The maximum atomic E-state index is 12.6. The van der Waals surface area contributed by atoms with Crippen molar-refractivity contribution in [1.82, 2.24) is 10.3 Å². The Morgan fingerprint density at radius 2 is 1.65 bits per heavy atom. The Morgan fingerprint density at radius 1 is 1.04 bits per heavy atom. The summed E-state index contributed by atoms with van der Waals surface area (Å²) in [6.07, 6.45) is 6.43. The fourth-order valence-electron chi connectivity index (χ4n) is 5.17. The van der Waals surface area contributed by atoms with Crippen LogP contribution in [0, 0.1) is 23.7 Å². The zero-order valence-electron chi connectivity index (χ0n) is 13.3. The Kier molecular flexibility index (Phi) is 3.58. The number of esters is 1. The van der Waals surface area contributed by atoms with Gasteiger partial charge < -0.3 is 10.1 Å². The number of nitrogens with one attached hydrogen (secondary N) is 1. The molecule has 4 bridgehead atoms. The van der Waals surface area contributed by atoms with Crippen LogP contribution in [0.3, 0.4) is 0 Å². The molecule has 1 N–H and O–H groups in total. The Labute approximate surface area is 135 Å². The van der Waals surface area contributed by atoms with Gasteiger partial charge in [0.25, 0.3) is 5.91 Å². The third-order valence-corrected chi connectivity index (χ3v) is 5.90. The largest absolute Gasteiger partial charge is 0.464 e. The standard InChI is InChI=1S/C18H22N2O3/c1-23-18(22)15-4-2-3-14(19-15)17(21)20-16-12-6-10-5-11(8-12)9-13(16)7-10/h2-4,10-13,16H,5-9H2,1H3,(H,20,21). The molecular formula is C18H22N2O3. The lowest BCUT2D eigenvalue weighted by molar-refractivity contribution is -0.0120. The second-order valence-electron chi connectivity index (χ2n) is 7.33. The lowest BCUT2D eigenvalue weighted by atomic mass is 9.54. The number of methoxy groups -OCH3 is 1. The first kappa shape index (κ1) is 14.7. The minimum Gasteiger partial charge on any atom is -0.464 e. The van der Waals surface area contributed by atoms with Crippen LogP contribution in [0.4, 0.5) is 0 Å². The highest BCUT2D eigenvalue weighted by Crippen LogP contribution is 2.53. The van der Waals surface area contributed by atoms with Gasteiger partial charge in [0.1, 0.15) is 11.4 Å². The van der Waals surface area contributed by atoms with Gasteiger partial charge in [-0.15, -0.1) is 0 Å². The monoisotopic (exact) mass is 314 g/mol. The predicted molar refractivity (Wildman–Crippen MR) is 83.9 cm³/mol. The van der Waals surface area contributed by atoms with E-state index in [1.54, 1.807) is 18.2 Å². The zero-order chi connectivity index (χ0) is 16.0. The van der Waals surface area contributed by atoms with Gasteiger partial charge in [-0.3, -0.25) is 4.79 Å². The van der Waals surface area contributed by atoms with Crippen LogP contribution in [0.25, 0.3) is 0 Å². The number of nitrogens with zero attached hydrogens (tertiary/aromatic N) is 1. The molecule has 122 valence electrons. The van der Waals surface area contributed by atoms with Crippen LogP contribution in [0.2, 0.25) is 0 Å². The van der Waals surface area contributed by atoms with Crippen LogP contribution in [-0.4, -0.2) is 30.0 Å². The van der Waals surface area contributed by atoms with E-state index in [1.807, 2.05) is 0 Å². The highest BCUT2D eigenvalue weighted by molar-refractivity contribution is 5.94. The van der Waals surface area contributed by atoms with Crippen molar-refractivity contribution >= 4 is 11.9 Å². The first-order valence-corrected chi connectivity index (χ1v) is 8.50. The summed E-state index contributed by atoms with van der Waals surface area (Å²) in [7, 11) is 1.31. The molecule has 4 fully saturated rings. The van der Waals surface area contributed by atoms with Crippen LogP contribution < -0.4 is 5.32 Å². The number of pyridine rings is 1. The van der Waals surface area contributed by atoms with Gasteiger partial charge in [0.15, 0.2) is 0 Å². The number of hydrogen-bond donors (Lipinski definition) is 1. The van der Waals surface area contributed by atoms with Crippen LogP contribution in [0.1, 0.15) is 53.1 Å². The van der Waals surface area contributed by atoms with Crippen molar-refractivity contribution in [3.05, 3.63) is 29.6 Å². The normalized spacial score (nSPS) is 34.2. The number of amides is 1. The zero-order valence-corrected chi connectivity index (χ0v) is 13.3. The third-order valence-electron chi connectivity index (χ3n) is 5.90. The molecule has 1 aromatic heterocycles. The van der Waals surface area contributed by atoms with Crippen molar-refractivity contribution in [2.45, 2.75) is 38.1 Å². The number of ether oxygens (including phenoxy) is 1. The minimum atomic E-state index is -0.519. The molecule has 0 atom stereocenters. The summed E-state index contributed by atoms with van der Waals surface area (Å²) in [5, 5.41) is 3.21. The second-order valence-corrected chi connectivity index (χ2v) is 7.33. The topological polar surface area (TPSA) is 68.3 Å². The maximum Gasteiger partial charge on any atom is 0.356 e. The van der Waals surface area contributed by atoms with Gasteiger partial charge in [-0.2, -0.15) is 0 Å². The molecule has 5 rings (SSSR count). The van der Waals surface area contributed by atoms with Crippen molar-refractivity contribution in [1.29, 1.82) is 0 Å². The van der Waals surface area contributed by atoms with E-state index in [-0.39, 0.29) is 17.6 Å². The van der Waals surface area contributed by atoms with E-state index in [9.17, 15) is 9.59 Å². The summed E-state index contributed by atoms with van der Waals surface area (Å²) in [6, 6.07) is 5.16. The first-order valence-electron chi connectivity index (χ1n) is 8.50. The maximum absolute atomic E-state index is 12.6. The molecule has 4 aliphatic carbocycles. The average Bonchev–Trinajstić information content (AvgIpc) is 2.56. The van der Waals surface area contributed by atoms with Crippen molar-refractivity contribution in [2.75, 3.05) is 7.11 Å². The second kappa shape index (κ2) is 5.62. The summed E-state index contributed by atoms with van der Waals surface area (Å²) in [5.74, 6) is 2.32. The molecule has 4 aliphatic rings. The molecular weight excluding hydrogens is 292 g/mol. The third kappa shape index (κ3) is 2.62. The van der Waals surface area contributed by atoms with E-state index in [1.165, 1.54) is 39.2 Å². The van der Waals surface area contributed by atoms with Gasteiger partial charge in [-0.05, 0) is 67.9 Å². The highest BCUT2D eigenvalue weighted by Gasteiger charge is 2.48. The van der Waals surface area contributed by atoms with E-state index < -0.39 is 5.97 Å². The molecule has 0 aromatic carbocycles. The molecule has 23 heavy (non-hydrogen) atoms. The van der Waals surface area contributed by atoms with Crippen LogP contribution in [0.5, 0.6) is 0 Å². The Morgan fingerprint density at radius 3 is 2.26 bits per heavy atom. The summed E-state index contributed by atoms with van der Waals surface area (Å²) in [6.45, 7) is 0. The lowest BCUT2D eigenvalue weighted by Gasteiger charge is -2.54. The van der Waals surface area contributed by atoms with Crippen molar-refractivity contribution in [3.8, 4) is 0 Å². The van der Waals surface area contributed by atoms with Gasteiger partial charge in [0, 0.05) is 6.04 Å². The van der Waals surface area contributed by atoms with Gasteiger partial charge >= 0.3 is 5.97 Å². The highest BCUT2D eigenvalue weighted by atomic mass is 16.5. The molecule has 4 saturated carbocycles. The van der Waals surface area contributed by atoms with Gasteiger partial charge in [0.2, 0.25) is 0 Å². The number of carbonyl (C=O) groups is 2. The van der Waals surface area contributed by atoms with E-state index in [4.69, 9.17) is 0 Å². The summed E-state index contributed by atoms with van der Waals surface area (Å²) in [4.78, 5) is 28.3. The SMILES string of the molecule is COC(=O)c1cccc(C(=O)NC2C3CC4CC(C3)CC2C4)n1. The number of carbonyl (C=O) groups excluding carboxylic acids is 2. The quantitative estimate of drug-likeness (QED) is 0.870. The Balaban J connectivity index is 1.49. The summed E-state index contributed by atoms with van der Waals surface area (Å²) < 4.78 is 4.67. The van der Waals surface area contributed by atoms with E-state index in [0.29, 0.717) is 17.5 Å². The number of hydrogen-bond acceptors (Lipinski definition) is 4. The van der Waals surface area contributed by atoms with Crippen LogP contribution >= 0.6 is 0 Å². The Hall–Kier alpha value is -1.91. The van der Waals surface area contributed by atoms with E-state index in [2.05, 4.69) is 15.0 Å². The number of rotatable bonds is 3. The molecule has 1 amide bonds. The summed E-state index contributed by atoms with van der Waals surface area (Å²) >= 11 is 0. The molecule has 5 nitrogen and oxygen atoms in total. The van der Waals surface area contributed by atoms with Crippen LogP contribution in [0.15, 0.2) is 18.2 Å². The molecule has 0 aliphatic heterocycles. The van der Waals surface area contributed by atoms with Crippen molar-refractivity contribution in [2.24, 2.45) is 23.7 Å². The lowest BCUT2D eigenvalue weighted by Crippen LogP contribution is -2.55. The average molecular weight is 314 g/mol. The smallest absolute Gasteiger partial charge is 0.356 e. The molecule has 0 radical (unpaired) electrons. The molecule has 5 heteroatoms. The predicted octanol–water partition coefficient (Wildman–Crippen LogP) is 2.42. The fraction of sp³-hybridized carbons (Fsp3) is 0.611.